The van der Waals surface area contributed by atoms with Crippen molar-refractivity contribution < 1.29 is 27.2 Å². The maximum Gasteiger partial charge on any atom is 0.417 e. The van der Waals surface area contributed by atoms with E-state index >= 15 is 0 Å². The summed E-state index contributed by atoms with van der Waals surface area (Å²) in [6.07, 6.45) is 1.04. The number of aromatic amines is 1. The van der Waals surface area contributed by atoms with Crippen molar-refractivity contribution >= 4 is 38.7 Å². The minimum Gasteiger partial charge on any atom is -0.462 e. The van der Waals surface area contributed by atoms with E-state index in [0.717, 1.165) is 0 Å². The third kappa shape index (κ3) is 4.83. The lowest BCUT2D eigenvalue weighted by Crippen LogP contribution is -2.43. The zero-order valence-electron chi connectivity index (χ0n) is 17.9. The van der Waals surface area contributed by atoms with Gasteiger partial charge in [-0.2, -0.15) is 4.31 Å². The van der Waals surface area contributed by atoms with Gasteiger partial charge in [-0.1, -0.05) is 6.07 Å². The number of carbonyl (C=O) groups is 2. The van der Waals surface area contributed by atoms with Crippen molar-refractivity contribution in [2.45, 2.75) is 24.7 Å². The summed E-state index contributed by atoms with van der Waals surface area (Å²) in [4.78, 5) is 38.6. The van der Waals surface area contributed by atoms with Gasteiger partial charge >= 0.3 is 11.7 Å². The van der Waals surface area contributed by atoms with E-state index in [0.29, 0.717) is 29.6 Å². The number of oxazole rings is 1. The second-order valence-electron chi connectivity index (χ2n) is 7.67. The summed E-state index contributed by atoms with van der Waals surface area (Å²) in [5.41, 5.74) is 1.29. The smallest absolute Gasteiger partial charge is 0.417 e. The number of sulfonamides is 1. The lowest BCUT2D eigenvalue weighted by molar-refractivity contribution is -0.120. The number of piperidine rings is 1. The van der Waals surface area contributed by atoms with Gasteiger partial charge in [0.1, 0.15) is 0 Å². The number of benzene rings is 2. The number of aromatic nitrogens is 1. The molecule has 1 amide bonds. The highest BCUT2D eigenvalue weighted by Crippen LogP contribution is 2.26. The molecule has 11 heteroatoms. The predicted octanol–water partition coefficient (Wildman–Crippen LogP) is 2.34. The number of H-pyrrole nitrogens is 1. The molecule has 2 heterocycles. The largest absolute Gasteiger partial charge is 0.462 e. The molecule has 0 aliphatic carbocycles. The molecule has 0 spiro atoms. The minimum absolute atomic E-state index is 0.0130. The summed E-state index contributed by atoms with van der Waals surface area (Å²) < 4.78 is 37.5. The van der Waals surface area contributed by atoms with Gasteiger partial charge in [0.05, 0.1) is 28.5 Å². The molecule has 2 aromatic carbocycles. The average molecular weight is 474 g/mol. The second-order valence-corrected chi connectivity index (χ2v) is 9.60. The third-order valence-electron chi connectivity index (χ3n) is 5.43. The number of anilines is 1. The highest BCUT2D eigenvalue weighted by Gasteiger charge is 2.33. The summed E-state index contributed by atoms with van der Waals surface area (Å²) >= 11 is 0. The molecule has 33 heavy (non-hydrogen) atoms. The normalized spacial score (nSPS) is 17.1. The number of esters is 1. The maximum atomic E-state index is 13.2. The Balaban J connectivity index is 1.48. The van der Waals surface area contributed by atoms with Crippen LogP contribution >= 0.6 is 0 Å². The first-order valence-corrected chi connectivity index (χ1v) is 11.9. The first kappa shape index (κ1) is 22.7. The number of nitrogens with zero attached hydrogens (tertiary/aromatic N) is 1. The number of rotatable bonds is 6. The van der Waals surface area contributed by atoms with E-state index in [4.69, 9.17) is 9.15 Å². The quantitative estimate of drug-likeness (QED) is 0.524. The highest BCUT2D eigenvalue weighted by molar-refractivity contribution is 7.89. The summed E-state index contributed by atoms with van der Waals surface area (Å²) in [6.45, 7) is 2.24. The molecule has 4 rings (SSSR count). The molecule has 2 N–H and O–H groups in total. The van der Waals surface area contributed by atoms with Gasteiger partial charge in [-0.25, -0.2) is 18.0 Å². The topological polar surface area (TPSA) is 139 Å². The van der Waals surface area contributed by atoms with Crippen LogP contribution in [-0.2, 0) is 19.6 Å². The van der Waals surface area contributed by atoms with Gasteiger partial charge in [-0.3, -0.25) is 9.78 Å². The predicted molar refractivity (Wildman–Crippen MR) is 119 cm³/mol. The van der Waals surface area contributed by atoms with Crippen molar-refractivity contribution in [2.75, 3.05) is 25.0 Å². The first-order valence-electron chi connectivity index (χ1n) is 10.5. The fourth-order valence-corrected chi connectivity index (χ4v) is 5.33. The van der Waals surface area contributed by atoms with Crippen molar-refractivity contribution in [3.63, 3.8) is 0 Å². The van der Waals surface area contributed by atoms with E-state index in [1.54, 1.807) is 25.1 Å². The number of ether oxygens (including phenoxy) is 1. The molecule has 3 aromatic rings. The van der Waals surface area contributed by atoms with Crippen molar-refractivity contribution in [3.8, 4) is 0 Å². The number of hydrogen-bond acceptors (Lipinski definition) is 7. The van der Waals surface area contributed by atoms with Gasteiger partial charge in [0.15, 0.2) is 5.58 Å². The van der Waals surface area contributed by atoms with E-state index in [-0.39, 0.29) is 36.1 Å². The maximum absolute atomic E-state index is 13.2. The molecule has 1 aromatic heterocycles. The minimum atomic E-state index is -3.89. The van der Waals surface area contributed by atoms with Crippen molar-refractivity contribution in [1.82, 2.24) is 9.29 Å². The van der Waals surface area contributed by atoms with Crippen molar-refractivity contribution in [3.05, 3.63) is 58.6 Å². The second kappa shape index (κ2) is 9.20. The Morgan fingerprint density at radius 1 is 1.24 bits per heavy atom. The molecule has 1 fully saturated rings. The molecule has 174 valence electrons. The van der Waals surface area contributed by atoms with Crippen LogP contribution in [0.15, 0.2) is 56.6 Å². The summed E-state index contributed by atoms with van der Waals surface area (Å²) in [7, 11) is -3.89. The molecule has 0 bridgehead atoms. The first-order chi connectivity index (χ1) is 15.8. The molecular formula is C22H23N3O7S. The van der Waals surface area contributed by atoms with E-state index in [1.807, 2.05) is 0 Å². The Hall–Kier alpha value is -3.44. The molecule has 1 atom stereocenters. The van der Waals surface area contributed by atoms with Crippen LogP contribution in [0.2, 0.25) is 0 Å². The van der Waals surface area contributed by atoms with Gasteiger partial charge in [-0.15, -0.1) is 0 Å². The van der Waals surface area contributed by atoms with E-state index in [2.05, 4.69) is 10.3 Å². The molecule has 1 saturated heterocycles. The van der Waals surface area contributed by atoms with Crippen LogP contribution in [0.3, 0.4) is 0 Å². The van der Waals surface area contributed by atoms with Gasteiger partial charge in [0.25, 0.3) is 0 Å². The molecule has 10 nitrogen and oxygen atoms in total. The monoisotopic (exact) mass is 473 g/mol. The van der Waals surface area contributed by atoms with Crippen molar-refractivity contribution in [1.29, 1.82) is 0 Å². The number of hydrogen-bond donors (Lipinski definition) is 2. The molecule has 0 radical (unpaired) electrons. The standard InChI is InChI=1S/C22H23N3O7S/c1-2-31-21(27)14-5-3-7-16(11-14)23-20(26)15-6-4-10-25(13-15)33(29,30)17-8-9-18-19(12-17)32-22(28)24-18/h3,5,7-9,11-12,15H,2,4,6,10,13H2,1H3,(H,23,26)(H,24,28)/t15-/m0/s1. The SMILES string of the molecule is CCOC(=O)c1cccc(NC(=O)[C@H]2CCCN(S(=O)(=O)c3ccc4[nH]c(=O)oc4c3)C2)c1. The zero-order valence-corrected chi connectivity index (χ0v) is 18.7. The van der Waals surface area contributed by atoms with E-state index in [9.17, 15) is 22.8 Å². The third-order valence-corrected chi connectivity index (χ3v) is 7.29. The number of amides is 1. The Morgan fingerprint density at radius 3 is 2.85 bits per heavy atom. The Labute approximate surface area is 189 Å². The number of nitrogens with one attached hydrogen (secondary N) is 2. The molecule has 0 unspecified atom stereocenters. The number of carbonyl (C=O) groups excluding carboxylic acids is 2. The highest BCUT2D eigenvalue weighted by atomic mass is 32.2. The van der Waals surface area contributed by atoms with Crippen LogP contribution in [0.25, 0.3) is 11.1 Å². The van der Waals surface area contributed by atoms with Gasteiger partial charge in [0.2, 0.25) is 15.9 Å². The fourth-order valence-electron chi connectivity index (χ4n) is 3.79. The molecule has 1 aliphatic heterocycles. The average Bonchev–Trinajstić information content (AvgIpc) is 3.18. The Morgan fingerprint density at radius 2 is 2.06 bits per heavy atom. The summed E-state index contributed by atoms with van der Waals surface area (Å²) in [5, 5.41) is 2.77. The van der Waals surface area contributed by atoms with Crippen molar-refractivity contribution in [2.24, 2.45) is 5.92 Å². The molecule has 0 saturated carbocycles. The van der Waals surface area contributed by atoms with E-state index in [1.165, 1.54) is 28.6 Å². The summed E-state index contributed by atoms with van der Waals surface area (Å²) in [6, 6.07) is 10.6. The van der Waals surface area contributed by atoms with Crippen LogP contribution in [0.4, 0.5) is 5.69 Å². The summed E-state index contributed by atoms with van der Waals surface area (Å²) in [5.74, 6) is -2.04. The molecular weight excluding hydrogens is 450 g/mol. The van der Waals surface area contributed by atoms with Gasteiger partial charge in [0, 0.05) is 24.8 Å². The van der Waals surface area contributed by atoms with Gasteiger partial charge < -0.3 is 14.5 Å². The van der Waals surface area contributed by atoms with Gasteiger partial charge in [-0.05, 0) is 50.1 Å². The Kier molecular flexibility index (Phi) is 6.34. The van der Waals surface area contributed by atoms with E-state index < -0.39 is 27.7 Å². The van der Waals surface area contributed by atoms with Crippen LogP contribution in [0.5, 0.6) is 0 Å². The van der Waals surface area contributed by atoms with Crippen LogP contribution < -0.4 is 11.1 Å². The number of fused-ring (bicyclic) bond motifs is 1. The lowest BCUT2D eigenvalue weighted by atomic mass is 9.98. The Bertz CT molecular complexity index is 1360. The molecule has 1 aliphatic rings. The lowest BCUT2D eigenvalue weighted by Gasteiger charge is -2.31. The zero-order chi connectivity index (χ0) is 23.6. The van der Waals surface area contributed by atoms with Crippen LogP contribution in [0, 0.1) is 5.92 Å². The van der Waals surface area contributed by atoms with Crippen LogP contribution in [0.1, 0.15) is 30.1 Å². The van der Waals surface area contributed by atoms with Crippen LogP contribution in [-0.4, -0.2) is 49.3 Å². The fraction of sp³-hybridized carbons (Fsp3) is 0.318.